The molecule has 0 radical (unpaired) electrons. The van der Waals surface area contributed by atoms with Gasteiger partial charge in [-0.3, -0.25) is 0 Å². The van der Waals surface area contributed by atoms with Gasteiger partial charge in [-0.05, 0) is 12.8 Å². The average Bonchev–Trinajstić information content (AvgIpc) is 2.04. The third-order valence-electron chi connectivity index (χ3n) is 2.96. The van der Waals surface area contributed by atoms with E-state index < -0.39 is 7.38 Å². The van der Waals surface area contributed by atoms with Gasteiger partial charge in [0.1, 0.15) is 0 Å². The Kier molecular flexibility index (Phi) is 2.84. The monoisotopic (exact) mass is 200 g/mol. The van der Waals surface area contributed by atoms with E-state index >= 15 is 0 Å². The van der Waals surface area contributed by atoms with Crippen LogP contribution in [0.3, 0.4) is 0 Å². The van der Waals surface area contributed by atoms with Crippen LogP contribution in [0.4, 0.5) is 0 Å². The molecular weight excluding hydrogens is 184 g/mol. The van der Waals surface area contributed by atoms with Crippen molar-refractivity contribution in [1.82, 2.24) is 0 Å². The predicted octanol–water partition coefficient (Wildman–Crippen LogP) is 4.10. The van der Waals surface area contributed by atoms with Crippen molar-refractivity contribution in [2.24, 2.45) is 0 Å². The highest BCUT2D eigenvalue weighted by atomic mass is 35.6. The SMILES string of the molecule is CCC1([Si](C)(C)Cl)C=CC=CC1. The van der Waals surface area contributed by atoms with Gasteiger partial charge in [0.2, 0.25) is 0 Å². The normalized spacial score (nSPS) is 29.3. The van der Waals surface area contributed by atoms with Crippen molar-refractivity contribution in [3.63, 3.8) is 0 Å². The molecule has 12 heavy (non-hydrogen) atoms. The van der Waals surface area contributed by atoms with Crippen molar-refractivity contribution >= 4 is 18.5 Å². The summed E-state index contributed by atoms with van der Waals surface area (Å²) in [5, 5.41) is 0.295. The highest BCUT2D eigenvalue weighted by molar-refractivity contribution is 7.20. The average molecular weight is 201 g/mol. The molecule has 0 spiro atoms. The van der Waals surface area contributed by atoms with Gasteiger partial charge in [0.25, 0.3) is 0 Å². The molecule has 0 nitrogen and oxygen atoms in total. The lowest BCUT2D eigenvalue weighted by Gasteiger charge is -2.39. The summed E-state index contributed by atoms with van der Waals surface area (Å²) >= 11 is 6.52. The zero-order valence-electron chi connectivity index (χ0n) is 8.10. The van der Waals surface area contributed by atoms with Crippen molar-refractivity contribution in [2.75, 3.05) is 0 Å². The van der Waals surface area contributed by atoms with Crippen molar-refractivity contribution in [3.8, 4) is 0 Å². The first-order chi connectivity index (χ1) is 5.52. The maximum absolute atomic E-state index is 6.52. The summed E-state index contributed by atoms with van der Waals surface area (Å²) in [6.45, 7) is 6.71. The topological polar surface area (TPSA) is 0 Å². The lowest BCUT2D eigenvalue weighted by molar-refractivity contribution is 0.636. The molecule has 0 heterocycles. The summed E-state index contributed by atoms with van der Waals surface area (Å²) < 4.78 is 0. The van der Waals surface area contributed by atoms with Crippen LogP contribution in [-0.4, -0.2) is 7.38 Å². The van der Waals surface area contributed by atoms with E-state index in [-0.39, 0.29) is 0 Å². The molecule has 0 saturated carbocycles. The van der Waals surface area contributed by atoms with E-state index in [9.17, 15) is 0 Å². The molecule has 0 saturated heterocycles. The summed E-state index contributed by atoms with van der Waals surface area (Å²) in [5.74, 6) is 0. The van der Waals surface area contributed by atoms with Gasteiger partial charge in [0.05, 0.1) is 0 Å². The molecule has 0 amide bonds. The van der Waals surface area contributed by atoms with E-state index in [4.69, 9.17) is 11.1 Å². The minimum atomic E-state index is -1.57. The quantitative estimate of drug-likeness (QED) is 0.465. The first-order valence-corrected chi connectivity index (χ1v) is 8.56. The lowest BCUT2D eigenvalue weighted by atomic mass is 9.97. The molecule has 0 aromatic carbocycles. The van der Waals surface area contributed by atoms with E-state index in [2.05, 4.69) is 44.3 Å². The molecule has 1 aliphatic carbocycles. The van der Waals surface area contributed by atoms with Crippen molar-refractivity contribution < 1.29 is 0 Å². The zero-order chi connectivity index (χ0) is 9.24. The first kappa shape index (κ1) is 10.1. The Morgan fingerprint density at radius 1 is 1.42 bits per heavy atom. The van der Waals surface area contributed by atoms with Gasteiger partial charge >= 0.3 is 0 Å². The number of allylic oxidation sites excluding steroid dienone is 4. The number of halogens is 1. The Hall–Kier alpha value is -0.0131. The minimum Gasteiger partial charge on any atom is -0.167 e. The van der Waals surface area contributed by atoms with Gasteiger partial charge in [0, 0.05) is 5.04 Å². The number of hydrogen-bond acceptors (Lipinski definition) is 0. The third-order valence-corrected chi connectivity index (χ3v) is 7.18. The Morgan fingerprint density at radius 3 is 2.33 bits per heavy atom. The van der Waals surface area contributed by atoms with Crippen LogP contribution in [0.2, 0.25) is 18.1 Å². The molecule has 0 aromatic rings. The number of hydrogen-bond donors (Lipinski definition) is 0. The Morgan fingerprint density at radius 2 is 2.08 bits per heavy atom. The minimum absolute atomic E-state index is 0.295. The summed E-state index contributed by atoms with van der Waals surface area (Å²) in [4.78, 5) is 0. The van der Waals surface area contributed by atoms with Crippen LogP contribution in [0.15, 0.2) is 24.3 Å². The summed E-state index contributed by atoms with van der Waals surface area (Å²) in [5.41, 5.74) is 0. The molecule has 0 N–H and O–H groups in total. The van der Waals surface area contributed by atoms with Gasteiger partial charge in [-0.15, -0.1) is 0 Å². The molecule has 2 heteroatoms. The maximum Gasteiger partial charge on any atom is 0.160 e. The first-order valence-electron chi connectivity index (χ1n) is 4.55. The van der Waals surface area contributed by atoms with E-state index in [0.29, 0.717) is 5.04 Å². The zero-order valence-corrected chi connectivity index (χ0v) is 9.86. The van der Waals surface area contributed by atoms with Crippen LogP contribution >= 0.6 is 11.1 Å². The second-order valence-corrected chi connectivity index (χ2v) is 10.7. The standard InChI is InChI=1S/C10H17ClSi/c1-4-10(12(2,3)11)8-6-5-7-9-10/h5-8H,4,9H2,1-3H3. The van der Waals surface area contributed by atoms with E-state index in [1.807, 2.05) is 0 Å². The Labute approximate surface area is 81.0 Å². The summed E-state index contributed by atoms with van der Waals surface area (Å²) in [6, 6.07) is 0. The molecule has 68 valence electrons. The van der Waals surface area contributed by atoms with Gasteiger partial charge in [-0.25, -0.2) is 0 Å². The van der Waals surface area contributed by atoms with Crippen LogP contribution in [0, 0.1) is 0 Å². The molecule has 1 unspecified atom stereocenters. The van der Waals surface area contributed by atoms with Gasteiger partial charge in [-0.1, -0.05) is 44.3 Å². The highest BCUT2D eigenvalue weighted by Gasteiger charge is 2.41. The highest BCUT2D eigenvalue weighted by Crippen LogP contribution is 2.49. The molecule has 0 aliphatic heterocycles. The molecule has 0 bridgehead atoms. The lowest BCUT2D eigenvalue weighted by Crippen LogP contribution is -2.35. The fraction of sp³-hybridized carbons (Fsp3) is 0.600. The van der Waals surface area contributed by atoms with Crippen LogP contribution in [-0.2, 0) is 0 Å². The second kappa shape index (κ2) is 3.39. The van der Waals surface area contributed by atoms with Crippen molar-refractivity contribution in [1.29, 1.82) is 0 Å². The molecule has 1 rings (SSSR count). The van der Waals surface area contributed by atoms with Gasteiger partial charge < -0.3 is 0 Å². The van der Waals surface area contributed by atoms with Gasteiger partial charge in [0.15, 0.2) is 7.38 Å². The maximum atomic E-state index is 6.52. The van der Waals surface area contributed by atoms with Crippen LogP contribution in [0.5, 0.6) is 0 Å². The van der Waals surface area contributed by atoms with E-state index in [1.165, 1.54) is 0 Å². The fourth-order valence-corrected chi connectivity index (χ4v) is 4.55. The van der Waals surface area contributed by atoms with Gasteiger partial charge in [-0.2, -0.15) is 11.1 Å². The summed E-state index contributed by atoms with van der Waals surface area (Å²) in [7, 11) is -1.57. The third kappa shape index (κ3) is 1.67. The predicted molar refractivity (Wildman–Crippen MR) is 59.2 cm³/mol. The van der Waals surface area contributed by atoms with E-state index in [0.717, 1.165) is 12.8 Å². The molecule has 1 aliphatic rings. The Bertz CT molecular complexity index is 212. The fourth-order valence-electron chi connectivity index (χ4n) is 1.79. The van der Waals surface area contributed by atoms with Crippen LogP contribution < -0.4 is 0 Å². The van der Waals surface area contributed by atoms with Crippen LogP contribution in [0.1, 0.15) is 19.8 Å². The molecule has 0 aromatic heterocycles. The van der Waals surface area contributed by atoms with E-state index in [1.54, 1.807) is 0 Å². The Balaban J connectivity index is 2.91. The number of rotatable bonds is 2. The molecule has 0 fully saturated rings. The summed E-state index contributed by atoms with van der Waals surface area (Å²) in [6.07, 6.45) is 11.1. The van der Waals surface area contributed by atoms with Crippen LogP contribution in [0.25, 0.3) is 0 Å². The van der Waals surface area contributed by atoms with Crippen molar-refractivity contribution in [3.05, 3.63) is 24.3 Å². The smallest absolute Gasteiger partial charge is 0.160 e. The second-order valence-electron chi connectivity index (χ2n) is 3.97. The van der Waals surface area contributed by atoms with Crippen molar-refractivity contribution in [2.45, 2.75) is 37.9 Å². The largest absolute Gasteiger partial charge is 0.167 e. The molecular formula is C10H17ClSi. The molecule has 1 atom stereocenters.